The Bertz CT molecular complexity index is 170. The van der Waals surface area contributed by atoms with E-state index in [1.165, 1.54) is 51.6 Å². The molecule has 0 saturated carbocycles. The highest BCUT2D eigenvalue weighted by Crippen LogP contribution is 2.25. The van der Waals surface area contributed by atoms with Crippen LogP contribution in [0.15, 0.2) is 0 Å². The number of hydrogen-bond donors (Lipinski definition) is 0. The maximum atomic E-state index is 2.74. The van der Waals surface area contributed by atoms with E-state index in [0.717, 1.165) is 17.9 Å². The molecule has 0 aromatic rings. The van der Waals surface area contributed by atoms with Crippen LogP contribution >= 0.6 is 0 Å². The Hall–Kier alpha value is -0.0400. The van der Waals surface area contributed by atoms with Gasteiger partial charge in [0.2, 0.25) is 0 Å². The Morgan fingerprint density at radius 1 is 0.938 bits per heavy atom. The first kappa shape index (κ1) is 14.0. The van der Waals surface area contributed by atoms with Crippen molar-refractivity contribution < 1.29 is 0 Å². The zero-order valence-electron chi connectivity index (χ0n) is 11.8. The van der Waals surface area contributed by atoms with E-state index in [9.17, 15) is 0 Å². The van der Waals surface area contributed by atoms with Crippen LogP contribution in [0.25, 0.3) is 0 Å². The van der Waals surface area contributed by atoms with Crippen molar-refractivity contribution in [1.29, 1.82) is 0 Å². The first-order valence-corrected chi connectivity index (χ1v) is 7.40. The second-order valence-corrected chi connectivity index (χ2v) is 5.82. The molecule has 0 bridgehead atoms. The molecule has 1 nitrogen and oxygen atoms in total. The van der Waals surface area contributed by atoms with Crippen LogP contribution in [0.4, 0.5) is 0 Å². The molecule has 0 N–H and O–H groups in total. The Balaban J connectivity index is 2.43. The molecule has 1 aliphatic rings. The van der Waals surface area contributed by atoms with Crippen molar-refractivity contribution in [2.75, 3.05) is 13.1 Å². The molecule has 16 heavy (non-hydrogen) atoms. The van der Waals surface area contributed by atoms with Gasteiger partial charge in [0.05, 0.1) is 0 Å². The third-order valence-electron chi connectivity index (χ3n) is 4.62. The lowest BCUT2D eigenvalue weighted by Crippen LogP contribution is -2.40. The normalized spacial score (nSPS) is 24.8. The van der Waals surface area contributed by atoms with E-state index in [1.807, 2.05) is 0 Å². The van der Waals surface area contributed by atoms with Crippen LogP contribution in [0.5, 0.6) is 0 Å². The van der Waals surface area contributed by atoms with Gasteiger partial charge >= 0.3 is 0 Å². The Labute approximate surface area is 103 Å². The molecule has 0 aliphatic carbocycles. The van der Waals surface area contributed by atoms with Gasteiger partial charge in [0.25, 0.3) is 0 Å². The predicted molar refractivity (Wildman–Crippen MR) is 72.7 cm³/mol. The molecular formula is C15H31N. The van der Waals surface area contributed by atoms with Crippen LogP contribution < -0.4 is 0 Å². The summed E-state index contributed by atoms with van der Waals surface area (Å²) in [6, 6.07) is 0.777. The van der Waals surface area contributed by atoms with Gasteiger partial charge in [-0.05, 0) is 44.7 Å². The molecule has 3 atom stereocenters. The van der Waals surface area contributed by atoms with Gasteiger partial charge in [-0.3, -0.25) is 0 Å². The highest BCUT2D eigenvalue weighted by molar-refractivity contribution is 4.77. The molecule has 0 aromatic heterocycles. The molecule has 96 valence electrons. The predicted octanol–water partition coefficient (Wildman–Crippen LogP) is 4.32. The minimum atomic E-state index is 0.777. The van der Waals surface area contributed by atoms with Gasteiger partial charge in [0, 0.05) is 6.04 Å². The largest absolute Gasteiger partial charge is 0.300 e. The van der Waals surface area contributed by atoms with E-state index in [-0.39, 0.29) is 0 Å². The molecule has 0 radical (unpaired) electrons. The van der Waals surface area contributed by atoms with Crippen LogP contribution in [0.2, 0.25) is 0 Å². The van der Waals surface area contributed by atoms with E-state index in [0.29, 0.717) is 0 Å². The molecule has 1 fully saturated rings. The molecule has 3 unspecified atom stereocenters. The molecular weight excluding hydrogens is 194 g/mol. The number of hydrogen-bond acceptors (Lipinski definition) is 1. The average molecular weight is 225 g/mol. The van der Waals surface area contributed by atoms with Crippen molar-refractivity contribution in [3.8, 4) is 0 Å². The minimum Gasteiger partial charge on any atom is -0.300 e. The van der Waals surface area contributed by atoms with Crippen LogP contribution in [-0.4, -0.2) is 24.0 Å². The van der Waals surface area contributed by atoms with Gasteiger partial charge in [-0.15, -0.1) is 0 Å². The van der Waals surface area contributed by atoms with Crippen LogP contribution in [0.3, 0.4) is 0 Å². The van der Waals surface area contributed by atoms with Gasteiger partial charge in [-0.2, -0.15) is 0 Å². The monoisotopic (exact) mass is 225 g/mol. The van der Waals surface area contributed by atoms with Crippen LogP contribution in [-0.2, 0) is 0 Å². The molecule has 1 aliphatic heterocycles. The quantitative estimate of drug-likeness (QED) is 0.673. The molecule has 1 saturated heterocycles. The van der Waals surface area contributed by atoms with Gasteiger partial charge in [0.15, 0.2) is 0 Å². The molecule has 1 rings (SSSR count). The zero-order chi connectivity index (χ0) is 12.0. The standard InChI is InChI=1S/C15H31N/c1-5-10-13(2)14(3)15(4)16-11-8-6-7-9-12-16/h13-15H,5-12H2,1-4H3. The number of likely N-dealkylation sites (tertiary alicyclic amines) is 1. The summed E-state index contributed by atoms with van der Waals surface area (Å²) in [4.78, 5) is 2.74. The lowest BCUT2D eigenvalue weighted by Gasteiger charge is -2.35. The van der Waals surface area contributed by atoms with E-state index in [2.05, 4.69) is 32.6 Å². The van der Waals surface area contributed by atoms with E-state index < -0.39 is 0 Å². The Kier molecular flexibility index (Phi) is 6.41. The lowest BCUT2D eigenvalue weighted by atomic mass is 9.86. The molecule has 1 heterocycles. The van der Waals surface area contributed by atoms with Gasteiger partial charge in [-0.1, -0.05) is 46.5 Å². The van der Waals surface area contributed by atoms with Crippen LogP contribution in [0.1, 0.15) is 66.2 Å². The maximum absolute atomic E-state index is 2.74. The Morgan fingerprint density at radius 2 is 1.50 bits per heavy atom. The van der Waals surface area contributed by atoms with E-state index >= 15 is 0 Å². The molecule has 0 spiro atoms. The van der Waals surface area contributed by atoms with Crippen molar-refractivity contribution >= 4 is 0 Å². The van der Waals surface area contributed by atoms with E-state index in [1.54, 1.807) is 0 Å². The zero-order valence-corrected chi connectivity index (χ0v) is 11.8. The van der Waals surface area contributed by atoms with Crippen molar-refractivity contribution in [2.24, 2.45) is 11.8 Å². The topological polar surface area (TPSA) is 3.24 Å². The van der Waals surface area contributed by atoms with Crippen molar-refractivity contribution in [1.82, 2.24) is 4.90 Å². The summed E-state index contributed by atoms with van der Waals surface area (Å²) in [6.45, 7) is 12.3. The minimum absolute atomic E-state index is 0.777. The summed E-state index contributed by atoms with van der Waals surface area (Å²) in [6.07, 6.45) is 8.44. The maximum Gasteiger partial charge on any atom is 0.00950 e. The summed E-state index contributed by atoms with van der Waals surface area (Å²) in [5.41, 5.74) is 0. The van der Waals surface area contributed by atoms with Crippen molar-refractivity contribution in [3.63, 3.8) is 0 Å². The summed E-state index contributed by atoms with van der Waals surface area (Å²) < 4.78 is 0. The number of rotatable bonds is 5. The van der Waals surface area contributed by atoms with Gasteiger partial charge < -0.3 is 4.90 Å². The van der Waals surface area contributed by atoms with Crippen molar-refractivity contribution in [2.45, 2.75) is 72.3 Å². The first-order chi connectivity index (χ1) is 7.66. The fourth-order valence-electron chi connectivity index (χ4n) is 3.03. The Morgan fingerprint density at radius 3 is 2.00 bits per heavy atom. The summed E-state index contributed by atoms with van der Waals surface area (Å²) in [7, 11) is 0. The van der Waals surface area contributed by atoms with Gasteiger partial charge in [-0.25, -0.2) is 0 Å². The smallest absolute Gasteiger partial charge is 0.00950 e. The fraction of sp³-hybridized carbons (Fsp3) is 1.00. The van der Waals surface area contributed by atoms with Crippen LogP contribution in [0, 0.1) is 11.8 Å². The third-order valence-corrected chi connectivity index (χ3v) is 4.62. The average Bonchev–Trinajstić information content (AvgIpc) is 2.56. The first-order valence-electron chi connectivity index (χ1n) is 7.40. The van der Waals surface area contributed by atoms with Crippen molar-refractivity contribution in [3.05, 3.63) is 0 Å². The second-order valence-electron chi connectivity index (χ2n) is 5.82. The summed E-state index contributed by atoms with van der Waals surface area (Å²) >= 11 is 0. The SMILES string of the molecule is CCCC(C)C(C)C(C)N1CCCCCC1. The summed E-state index contributed by atoms with van der Waals surface area (Å²) in [5, 5.41) is 0. The van der Waals surface area contributed by atoms with E-state index in [4.69, 9.17) is 0 Å². The fourth-order valence-corrected chi connectivity index (χ4v) is 3.03. The second kappa shape index (κ2) is 7.32. The molecule has 0 amide bonds. The molecule has 1 heteroatoms. The highest BCUT2D eigenvalue weighted by Gasteiger charge is 2.24. The van der Waals surface area contributed by atoms with Gasteiger partial charge in [0.1, 0.15) is 0 Å². The number of nitrogens with zero attached hydrogens (tertiary/aromatic N) is 1. The summed E-state index contributed by atoms with van der Waals surface area (Å²) in [5.74, 6) is 1.72. The highest BCUT2D eigenvalue weighted by atomic mass is 15.2. The molecule has 0 aromatic carbocycles. The third kappa shape index (κ3) is 4.08. The lowest BCUT2D eigenvalue weighted by molar-refractivity contribution is 0.133.